The lowest BCUT2D eigenvalue weighted by atomic mass is 10.2. The van der Waals surface area contributed by atoms with Crippen molar-refractivity contribution in [2.24, 2.45) is 7.05 Å². The van der Waals surface area contributed by atoms with E-state index in [0.717, 1.165) is 12.1 Å². The van der Waals surface area contributed by atoms with Gasteiger partial charge in [-0.1, -0.05) is 6.07 Å². The maximum Gasteiger partial charge on any atom is 0.171 e. The molecule has 0 radical (unpaired) electrons. The average molecular weight is 274 g/mol. The van der Waals surface area contributed by atoms with Crippen LogP contribution in [0.1, 0.15) is 23.1 Å². The Kier molecular flexibility index (Phi) is 4.76. The van der Waals surface area contributed by atoms with E-state index < -0.39 is 0 Å². The second-order valence-corrected chi connectivity index (χ2v) is 4.28. The molecule has 2 aromatic rings. The summed E-state index contributed by atoms with van der Waals surface area (Å²) >= 11 is 0. The Labute approximate surface area is 118 Å². The van der Waals surface area contributed by atoms with E-state index >= 15 is 0 Å². The van der Waals surface area contributed by atoms with Crippen LogP contribution in [-0.4, -0.2) is 29.1 Å². The van der Waals surface area contributed by atoms with Crippen LogP contribution < -0.4 is 9.47 Å². The Morgan fingerprint density at radius 1 is 1.35 bits per heavy atom. The molecule has 2 rings (SSSR count). The summed E-state index contributed by atoms with van der Waals surface area (Å²) in [6.45, 7) is 2.86. The van der Waals surface area contributed by atoms with E-state index in [-0.39, 0.29) is 0 Å². The highest BCUT2D eigenvalue weighted by molar-refractivity contribution is 5.81. The highest BCUT2D eigenvalue weighted by Gasteiger charge is 2.11. The molecular weight excluding hydrogens is 256 g/mol. The van der Waals surface area contributed by atoms with Gasteiger partial charge in [0.1, 0.15) is 5.82 Å². The topological polar surface area (TPSA) is 53.4 Å². The number of benzene rings is 1. The van der Waals surface area contributed by atoms with E-state index in [1.807, 2.05) is 24.7 Å². The number of carbonyl (C=O) groups excluding carboxylic acids is 1. The summed E-state index contributed by atoms with van der Waals surface area (Å²) in [5.41, 5.74) is 0.496. The van der Waals surface area contributed by atoms with Gasteiger partial charge in [0.2, 0.25) is 0 Å². The summed E-state index contributed by atoms with van der Waals surface area (Å²) in [5, 5.41) is 0. The molecule has 0 aliphatic carbocycles. The average Bonchev–Trinajstić information content (AvgIpc) is 2.86. The van der Waals surface area contributed by atoms with Crippen LogP contribution in [0.3, 0.4) is 0 Å². The van der Waals surface area contributed by atoms with Gasteiger partial charge in [0.15, 0.2) is 17.8 Å². The van der Waals surface area contributed by atoms with Gasteiger partial charge >= 0.3 is 0 Å². The van der Waals surface area contributed by atoms with Gasteiger partial charge in [-0.2, -0.15) is 0 Å². The van der Waals surface area contributed by atoms with E-state index in [2.05, 4.69) is 4.98 Å². The predicted molar refractivity (Wildman–Crippen MR) is 75.4 cm³/mol. The highest BCUT2D eigenvalue weighted by Crippen LogP contribution is 2.30. The number of aromatic nitrogens is 2. The molecule has 1 aromatic carbocycles. The van der Waals surface area contributed by atoms with Crippen molar-refractivity contribution in [3.05, 3.63) is 42.0 Å². The summed E-state index contributed by atoms with van der Waals surface area (Å²) in [6, 6.07) is 5.29. The van der Waals surface area contributed by atoms with Gasteiger partial charge in [-0.3, -0.25) is 4.79 Å². The van der Waals surface area contributed by atoms with Crippen LogP contribution >= 0.6 is 0 Å². The van der Waals surface area contributed by atoms with Gasteiger partial charge in [0, 0.05) is 25.9 Å². The molecule has 0 saturated carbocycles. The summed E-state index contributed by atoms with van der Waals surface area (Å²) in [4.78, 5) is 15.3. The minimum absolute atomic E-state index is 0.440. The first-order chi connectivity index (χ1) is 9.76. The van der Waals surface area contributed by atoms with Crippen molar-refractivity contribution in [2.45, 2.75) is 13.3 Å². The molecule has 0 spiro atoms. The van der Waals surface area contributed by atoms with Gasteiger partial charge in [0.25, 0.3) is 0 Å². The van der Waals surface area contributed by atoms with Crippen LogP contribution in [0.4, 0.5) is 0 Å². The summed E-state index contributed by atoms with van der Waals surface area (Å²) in [5.74, 6) is 2.03. The maximum absolute atomic E-state index is 11.1. The maximum atomic E-state index is 11.1. The quantitative estimate of drug-likeness (QED) is 0.727. The predicted octanol–water partition coefficient (Wildman–Crippen LogP) is 2.25. The fourth-order valence-corrected chi connectivity index (χ4v) is 1.93. The van der Waals surface area contributed by atoms with Crippen molar-refractivity contribution in [3.63, 3.8) is 0 Å². The van der Waals surface area contributed by atoms with Gasteiger partial charge in [-0.15, -0.1) is 0 Å². The first-order valence-electron chi connectivity index (χ1n) is 6.56. The van der Waals surface area contributed by atoms with Crippen LogP contribution in [0.2, 0.25) is 0 Å². The molecule has 0 fully saturated rings. The third-order valence-corrected chi connectivity index (χ3v) is 2.93. The standard InChI is InChI=1S/C15H18N2O3/c1-3-19-13-6-4-5-12(11-18)15(13)20-10-7-14-16-8-9-17(14)2/h4-6,8-9,11H,3,7,10H2,1-2H3. The van der Waals surface area contributed by atoms with E-state index in [9.17, 15) is 4.79 Å². The lowest BCUT2D eigenvalue weighted by molar-refractivity contribution is 0.111. The number of nitrogens with zero attached hydrogens (tertiary/aromatic N) is 2. The number of para-hydroxylation sites is 1. The fourth-order valence-electron chi connectivity index (χ4n) is 1.93. The van der Waals surface area contributed by atoms with Crippen LogP contribution in [-0.2, 0) is 13.5 Å². The third-order valence-electron chi connectivity index (χ3n) is 2.93. The van der Waals surface area contributed by atoms with Crippen LogP contribution in [0.25, 0.3) is 0 Å². The largest absolute Gasteiger partial charge is 0.490 e. The van der Waals surface area contributed by atoms with Gasteiger partial charge in [0.05, 0.1) is 18.8 Å². The Balaban J connectivity index is 2.07. The van der Waals surface area contributed by atoms with Gasteiger partial charge in [-0.05, 0) is 19.1 Å². The lowest BCUT2D eigenvalue weighted by Crippen LogP contribution is -2.08. The molecule has 106 valence electrons. The molecule has 0 atom stereocenters. The zero-order valence-corrected chi connectivity index (χ0v) is 11.7. The van der Waals surface area contributed by atoms with Crippen molar-refractivity contribution < 1.29 is 14.3 Å². The summed E-state index contributed by atoms with van der Waals surface area (Å²) < 4.78 is 13.2. The zero-order valence-electron chi connectivity index (χ0n) is 11.7. The number of aldehydes is 1. The molecule has 5 heteroatoms. The summed E-state index contributed by atoms with van der Waals surface area (Å²) in [7, 11) is 1.94. The van der Waals surface area contributed by atoms with Gasteiger partial charge in [-0.25, -0.2) is 4.98 Å². The number of ether oxygens (including phenoxy) is 2. The van der Waals surface area contributed by atoms with Gasteiger partial charge < -0.3 is 14.0 Å². The Morgan fingerprint density at radius 3 is 2.85 bits per heavy atom. The second-order valence-electron chi connectivity index (χ2n) is 4.28. The lowest BCUT2D eigenvalue weighted by Gasteiger charge is -2.13. The molecule has 0 amide bonds. The monoisotopic (exact) mass is 274 g/mol. The molecule has 5 nitrogen and oxygen atoms in total. The Hall–Kier alpha value is -2.30. The minimum Gasteiger partial charge on any atom is -0.490 e. The molecular formula is C15H18N2O3. The van der Waals surface area contributed by atoms with E-state index in [4.69, 9.17) is 9.47 Å². The molecule has 1 heterocycles. The van der Waals surface area contributed by atoms with Crippen LogP contribution in [0.15, 0.2) is 30.6 Å². The first-order valence-corrected chi connectivity index (χ1v) is 6.56. The van der Waals surface area contributed by atoms with E-state index in [1.54, 1.807) is 24.4 Å². The van der Waals surface area contributed by atoms with E-state index in [0.29, 0.717) is 36.7 Å². The number of imidazole rings is 1. The first kappa shape index (κ1) is 14.1. The molecule has 0 aliphatic rings. The summed E-state index contributed by atoms with van der Waals surface area (Å²) in [6.07, 6.45) is 5.08. The molecule has 0 unspecified atom stereocenters. The molecule has 0 saturated heterocycles. The van der Waals surface area contributed by atoms with Crippen LogP contribution in [0.5, 0.6) is 11.5 Å². The number of hydrogen-bond acceptors (Lipinski definition) is 4. The number of carbonyl (C=O) groups is 1. The zero-order chi connectivity index (χ0) is 14.4. The van der Waals surface area contributed by atoms with Crippen LogP contribution in [0, 0.1) is 0 Å². The molecule has 20 heavy (non-hydrogen) atoms. The van der Waals surface area contributed by atoms with E-state index in [1.165, 1.54) is 0 Å². The third kappa shape index (κ3) is 3.17. The number of aryl methyl sites for hydroxylation is 1. The molecule has 1 aromatic heterocycles. The number of hydrogen-bond donors (Lipinski definition) is 0. The SMILES string of the molecule is CCOc1cccc(C=O)c1OCCc1nccn1C. The number of rotatable bonds is 7. The molecule has 0 N–H and O–H groups in total. The molecule has 0 bridgehead atoms. The second kappa shape index (κ2) is 6.75. The highest BCUT2D eigenvalue weighted by atomic mass is 16.5. The normalized spacial score (nSPS) is 10.3. The minimum atomic E-state index is 0.440. The van der Waals surface area contributed by atoms with Crippen molar-refractivity contribution in [3.8, 4) is 11.5 Å². The smallest absolute Gasteiger partial charge is 0.171 e. The van der Waals surface area contributed by atoms with Crippen molar-refractivity contribution in [1.82, 2.24) is 9.55 Å². The van der Waals surface area contributed by atoms with Crippen molar-refractivity contribution >= 4 is 6.29 Å². The van der Waals surface area contributed by atoms with Crippen molar-refractivity contribution in [2.75, 3.05) is 13.2 Å². The Bertz CT molecular complexity index is 578. The molecule has 0 aliphatic heterocycles. The fraction of sp³-hybridized carbons (Fsp3) is 0.333. The van der Waals surface area contributed by atoms with Crippen molar-refractivity contribution in [1.29, 1.82) is 0 Å². The Morgan fingerprint density at radius 2 is 2.20 bits per heavy atom.